The topological polar surface area (TPSA) is 29.5 Å². The van der Waals surface area contributed by atoms with Gasteiger partial charge in [-0.25, -0.2) is 0 Å². The highest BCUT2D eigenvalue weighted by Crippen LogP contribution is 2.38. The predicted octanol–water partition coefficient (Wildman–Crippen LogP) is 4.19. The Kier molecular flexibility index (Phi) is 5.93. The summed E-state index contributed by atoms with van der Waals surface area (Å²) in [4.78, 5) is 0. The summed E-state index contributed by atoms with van der Waals surface area (Å²) in [5, 5.41) is 12.6. The Morgan fingerprint density at radius 3 is 1.93 bits per heavy atom. The first-order chi connectivity index (χ1) is 14.5. The van der Waals surface area contributed by atoms with Crippen LogP contribution in [0.4, 0.5) is 0 Å². The number of fused-ring (bicyclic) bond motifs is 1. The van der Waals surface area contributed by atoms with E-state index in [-0.39, 0.29) is 12.0 Å². The van der Waals surface area contributed by atoms with Crippen molar-refractivity contribution in [1.29, 1.82) is 0 Å². The molecule has 3 aromatic carbocycles. The van der Waals surface area contributed by atoms with Crippen LogP contribution in [0, 0.1) is 0 Å². The first kappa shape index (κ1) is 20.6. The first-order valence-corrected chi connectivity index (χ1v) is 12.3. The quantitative estimate of drug-likeness (QED) is 0.635. The minimum Gasteiger partial charge on any atom is -0.537 e. The van der Waals surface area contributed by atoms with Gasteiger partial charge in [0.2, 0.25) is 0 Å². The Hall–Kier alpha value is -2.62. The molecule has 0 amide bonds. The molecular weight excluding hydrogens is 384 g/mol. The van der Waals surface area contributed by atoms with Gasteiger partial charge in [0.15, 0.2) is 0 Å². The second-order valence-corrected chi connectivity index (χ2v) is 11.3. The van der Waals surface area contributed by atoms with Crippen molar-refractivity contribution in [3.05, 3.63) is 101 Å². The number of rotatable bonds is 5. The molecule has 30 heavy (non-hydrogen) atoms. The van der Waals surface area contributed by atoms with Gasteiger partial charge in [-0.05, 0) is 45.3 Å². The standard InChI is InChI=1S/C27H30O2Si/c1-27(2,3)25-16-10-15-24-23(25)18-17-20(19-28)26(24)29-30(21-11-6-4-7-12-21)22-13-8-5-9-14-22/h4-16,28,30H,17-19H2,1-3H3. The highest BCUT2D eigenvalue weighted by molar-refractivity contribution is 6.80. The van der Waals surface area contributed by atoms with Crippen LogP contribution in [0.1, 0.15) is 43.9 Å². The van der Waals surface area contributed by atoms with E-state index in [1.165, 1.54) is 21.5 Å². The Morgan fingerprint density at radius 2 is 1.40 bits per heavy atom. The number of hydrogen-bond acceptors (Lipinski definition) is 2. The largest absolute Gasteiger partial charge is 0.537 e. The molecule has 0 aliphatic heterocycles. The second kappa shape index (κ2) is 8.63. The lowest BCUT2D eigenvalue weighted by Crippen LogP contribution is -2.44. The van der Waals surface area contributed by atoms with Crippen LogP contribution in [0.2, 0.25) is 0 Å². The van der Waals surface area contributed by atoms with Crippen LogP contribution in [0.15, 0.2) is 84.4 Å². The van der Waals surface area contributed by atoms with E-state index in [9.17, 15) is 5.11 Å². The molecule has 3 heteroatoms. The summed E-state index contributed by atoms with van der Waals surface area (Å²) >= 11 is 0. The smallest absolute Gasteiger partial charge is 0.299 e. The minimum absolute atomic E-state index is 0.0409. The summed E-state index contributed by atoms with van der Waals surface area (Å²) < 4.78 is 6.92. The molecule has 1 aliphatic carbocycles. The van der Waals surface area contributed by atoms with Gasteiger partial charge in [0.05, 0.1) is 6.61 Å². The third kappa shape index (κ3) is 4.14. The number of hydrogen-bond donors (Lipinski definition) is 1. The van der Waals surface area contributed by atoms with Gasteiger partial charge in [0, 0.05) is 5.56 Å². The van der Waals surface area contributed by atoms with E-state index in [0.29, 0.717) is 0 Å². The van der Waals surface area contributed by atoms with Gasteiger partial charge in [0.25, 0.3) is 9.04 Å². The van der Waals surface area contributed by atoms with Crippen LogP contribution in [-0.4, -0.2) is 20.8 Å². The molecule has 0 fully saturated rings. The summed E-state index contributed by atoms with van der Waals surface area (Å²) in [7, 11) is -1.96. The maximum atomic E-state index is 10.1. The molecular formula is C27H30O2Si. The zero-order chi connectivity index (χ0) is 21.1. The maximum Gasteiger partial charge on any atom is 0.299 e. The van der Waals surface area contributed by atoms with Crippen LogP contribution in [0.3, 0.4) is 0 Å². The Bertz CT molecular complexity index is 994. The molecule has 1 aliphatic rings. The van der Waals surface area contributed by atoms with E-state index >= 15 is 0 Å². The van der Waals surface area contributed by atoms with Crippen molar-refractivity contribution in [3.8, 4) is 0 Å². The molecule has 0 saturated heterocycles. The number of aliphatic hydroxyl groups excluding tert-OH is 1. The Balaban J connectivity index is 1.83. The fourth-order valence-electron chi connectivity index (χ4n) is 4.35. The lowest BCUT2D eigenvalue weighted by Gasteiger charge is -2.31. The van der Waals surface area contributed by atoms with Gasteiger partial charge in [-0.15, -0.1) is 0 Å². The van der Waals surface area contributed by atoms with Crippen LogP contribution < -0.4 is 10.4 Å². The average molecular weight is 415 g/mol. The Morgan fingerprint density at radius 1 is 0.800 bits per heavy atom. The van der Waals surface area contributed by atoms with Crippen molar-refractivity contribution in [2.75, 3.05) is 6.61 Å². The fraction of sp³-hybridized carbons (Fsp3) is 0.259. The first-order valence-electron chi connectivity index (χ1n) is 10.7. The van der Waals surface area contributed by atoms with Crippen LogP contribution in [0.25, 0.3) is 5.76 Å². The third-order valence-corrected chi connectivity index (χ3v) is 8.31. The molecule has 0 radical (unpaired) electrons. The van der Waals surface area contributed by atoms with E-state index < -0.39 is 9.04 Å². The minimum atomic E-state index is -1.96. The van der Waals surface area contributed by atoms with Gasteiger partial charge >= 0.3 is 0 Å². The van der Waals surface area contributed by atoms with Gasteiger partial charge in [-0.2, -0.15) is 0 Å². The van der Waals surface area contributed by atoms with Gasteiger partial charge in [-0.3, -0.25) is 0 Å². The van der Waals surface area contributed by atoms with Crippen LogP contribution in [0.5, 0.6) is 0 Å². The monoisotopic (exact) mass is 414 g/mol. The van der Waals surface area contributed by atoms with Gasteiger partial charge in [-0.1, -0.05) is 99.6 Å². The molecule has 0 saturated carbocycles. The average Bonchev–Trinajstić information content (AvgIpc) is 2.77. The van der Waals surface area contributed by atoms with Crippen molar-refractivity contribution in [1.82, 2.24) is 0 Å². The van der Waals surface area contributed by atoms with Crippen molar-refractivity contribution in [2.45, 2.75) is 39.0 Å². The summed E-state index contributed by atoms with van der Waals surface area (Å²) in [6, 6.07) is 27.6. The summed E-state index contributed by atoms with van der Waals surface area (Å²) in [6.45, 7) is 6.83. The number of aliphatic hydroxyl groups is 1. The van der Waals surface area contributed by atoms with Gasteiger partial charge in [0.1, 0.15) is 5.76 Å². The fourth-order valence-corrected chi connectivity index (χ4v) is 6.68. The zero-order valence-electron chi connectivity index (χ0n) is 18.1. The molecule has 0 atom stereocenters. The SMILES string of the molecule is CC(C)(C)c1cccc2c1CCC(CO)=C2O[SiH](c1ccccc1)c1ccccc1. The molecule has 0 bridgehead atoms. The zero-order valence-corrected chi connectivity index (χ0v) is 19.2. The molecule has 0 heterocycles. The van der Waals surface area contributed by atoms with Gasteiger partial charge < -0.3 is 9.53 Å². The van der Waals surface area contributed by atoms with E-state index in [2.05, 4.69) is 87.5 Å². The molecule has 2 nitrogen and oxygen atoms in total. The Labute approximate surface area is 181 Å². The normalized spacial score (nSPS) is 14.0. The van der Waals surface area contributed by atoms with Crippen LogP contribution >= 0.6 is 0 Å². The van der Waals surface area contributed by atoms with Crippen LogP contribution in [-0.2, 0) is 16.3 Å². The molecule has 0 spiro atoms. The number of benzene rings is 3. The molecule has 0 unspecified atom stereocenters. The summed E-state index contributed by atoms with van der Waals surface area (Å²) in [5.74, 6) is 0.897. The molecule has 154 valence electrons. The maximum absolute atomic E-state index is 10.1. The third-order valence-electron chi connectivity index (χ3n) is 5.86. The highest BCUT2D eigenvalue weighted by Gasteiger charge is 2.29. The molecule has 3 aromatic rings. The van der Waals surface area contributed by atoms with Crippen molar-refractivity contribution >= 4 is 25.2 Å². The van der Waals surface area contributed by atoms with E-state index in [4.69, 9.17) is 4.43 Å². The van der Waals surface area contributed by atoms with E-state index in [1.807, 2.05) is 12.1 Å². The lowest BCUT2D eigenvalue weighted by atomic mass is 9.78. The predicted molar refractivity (Wildman–Crippen MR) is 128 cm³/mol. The van der Waals surface area contributed by atoms with Crippen molar-refractivity contribution in [3.63, 3.8) is 0 Å². The van der Waals surface area contributed by atoms with E-state index in [1.54, 1.807) is 0 Å². The molecule has 1 N–H and O–H groups in total. The summed E-state index contributed by atoms with van der Waals surface area (Å²) in [6.07, 6.45) is 1.80. The summed E-state index contributed by atoms with van der Waals surface area (Å²) in [5.41, 5.74) is 4.98. The van der Waals surface area contributed by atoms with Crippen molar-refractivity contribution in [2.24, 2.45) is 0 Å². The highest BCUT2D eigenvalue weighted by atomic mass is 28.3. The molecule has 4 rings (SSSR count). The molecule has 0 aromatic heterocycles. The lowest BCUT2D eigenvalue weighted by molar-refractivity contribution is 0.322. The second-order valence-electron chi connectivity index (χ2n) is 8.99. The van der Waals surface area contributed by atoms with E-state index in [0.717, 1.165) is 29.7 Å². The van der Waals surface area contributed by atoms with Crippen molar-refractivity contribution < 1.29 is 9.53 Å².